The van der Waals surface area contributed by atoms with Crippen LogP contribution in [0.15, 0.2) is 112 Å². The summed E-state index contributed by atoms with van der Waals surface area (Å²) in [5, 5.41) is 3.17. The summed E-state index contributed by atoms with van der Waals surface area (Å²) in [5.74, 6) is -1.39. The van der Waals surface area contributed by atoms with Crippen molar-refractivity contribution < 1.29 is 22.4 Å². The third kappa shape index (κ3) is 8.41. The maximum Gasteiger partial charge on any atom is 0.264 e. The summed E-state index contributed by atoms with van der Waals surface area (Å²) >= 11 is 3.46. The van der Waals surface area contributed by atoms with Gasteiger partial charge in [-0.3, -0.25) is 13.9 Å². The number of halogens is 2. The molecule has 0 aromatic heterocycles. The van der Waals surface area contributed by atoms with Gasteiger partial charge >= 0.3 is 0 Å². The van der Waals surface area contributed by atoms with Crippen LogP contribution >= 0.6 is 15.9 Å². The van der Waals surface area contributed by atoms with Crippen LogP contribution in [-0.2, 0) is 32.6 Å². The zero-order valence-corrected chi connectivity index (χ0v) is 28.0. The van der Waals surface area contributed by atoms with E-state index >= 15 is 0 Å². The molecule has 1 saturated carbocycles. The maximum atomic E-state index is 14.5. The fourth-order valence-corrected chi connectivity index (χ4v) is 7.36. The average Bonchev–Trinajstić information content (AvgIpc) is 3.56. The summed E-state index contributed by atoms with van der Waals surface area (Å²) in [7, 11) is -4.30. The predicted molar refractivity (Wildman–Crippen MR) is 181 cm³/mol. The van der Waals surface area contributed by atoms with Crippen molar-refractivity contribution in [3.05, 3.63) is 130 Å². The molecule has 1 aliphatic rings. The Kier molecular flexibility index (Phi) is 10.9. The Balaban J connectivity index is 1.55. The van der Waals surface area contributed by atoms with Crippen LogP contribution in [0.1, 0.15) is 42.4 Å². The first kappa shape index (κ1) is 33.3. The van der Waals surface area contributed by atoms with Crippen LogP contribution < -0.4 is 9.62 Å². The van der Waals surface area contributed by atoms with Crippen LogP contribution in [0.4, 0.5) is 10.1 Å². The fraction of sp³-hybridized carbons (Fsp3) is 0.278. The van der Waals surface area contributed by atoms with E-state index in [0.29, 0.717) is 0 Å². The number of rotatable bonds is 12. The summed E-state index contributed by atoms with van der Waals surface area (Å²) in [6, 6.07) is 27.4. The van der Waals surface area contributed by atoms with Gasteiger partial charge in [-0.2, -0.15) is 0 Å². The van der Waals surface area contributed by atoms with Crippen molar-refractivity contribution in [2.45, 2.75) is 62.6 Å². The molecule has 0 heterocycles. The van der Waals surface area contributed by atoms with Crippen LogP contribution in [0, 0.1) is 12.7 Å². The standard InChI is InChI=1S/C36H37BrFN3O4S/c1-26-11-19-32(20-12-26)41(46(44,45)33-21-17-30(38)18-22-33)25-35(42)40(24-28-13-15-29(37)16-14-28)34(23-27-7-3-2-4-8-27)36(43)39-31-9-5-6-10-31/h2-4,7-8,11-22,31,34H,5-6,9-10,23-25H2,1H3,(H,39,43)/t34-/m1/s1. The van der Waals surface area contributed by atoms with Gasteiger partial charge in [-0.15, -0.1) is 0 Å². The summed E-state index contributed by atoms with van der Waals surface area (Å²) in [5.41, 5.74) is 2.85. The second-order valence-corrected chi connectivity index (χ2v) is 14.4. The van der Waals surface area contributed by atoms with Crippen molar-refractivity contribution in [3.8, 4) is 0 Å². The molecular formula is C36H37BrFN3O4S. The maximum absolute atomic E-state index is 14.5. The van der Waals surface area contributed by atoms with Gasteiger partial charge in [0, 0.05) is 23.5 Å². The Hall–Kier alpha value is -4.02. The molecule has 1 aliphatic carbocycles. The monoisotopic (exact) mass is 705 g/mol. The molecule has 7 nitrogen and oxygen atoms in total. The number of anilines is 1. The molecular weight excluding hydrogens is 669 g/mol. The Labute approximate surface area is 278 Å². The van der Waals surface area contributed by atoms with Crippen LogP contribution in [0.3, 0.4) is 0 Å². The van der Waals surface area contributed by atoms with Gasteiger partial charge in [0.2, 0.25) is 11.8 Å². The number of sulfonamides is 1. The van der Waals surface area contributed by atoms with Gasteiger partial charge in [0.05, 0.1) is 10.6 Å². The molecule has 0 unspecified atom stereocenters. The number of amides is 2. The molecule has 10 heteroatoms. The molecule has 1 fully saturated rings. The highest BCUT2D eigenvalue weighted by Gasteiger charge is 2.35. The molecule has 0 bridgehead atoms. The molecule has 0 aliphatic heterocycles. The van der Waals surface area contributed by atoms with E-state index in [4.69, 9.17) is 0 Å². The van der Waals surface area contributed by atoms with Gasteiger partial charge in [0.1, 0.15) is 18.4 Å². The SMILES string of the molecule is Cc1ccc(N(CC(=O)N(Cc2ccc(Br)cc2)[C@H](Cc2ccccc2)C(=O)NC2CCCC2)S(=O)(=O)c2ccc(F)cc2)cc1. The molecule has 2 amide bonds. The van der Waals surface area contributed by atoms with Gasteiger partial charge in [-0.1, -0.05) is 88.9 Å². The number of benzene rings is 4. The number of aryl methyl sites for hydroxylation is 1. The second-order valence-electron chi connectivity index (χ2n) is 11.6. The lowest BCUT2D eigenvalue weighted by molar-refractivity contribution is -0.140. The highest BCUT2D eigenvalue weighted by atomic mass is 79.9. The van der Waals surface area contributed by atoms with Crippen molar-refractivity contribution in [3.63, 3.8) is 0 Å². The van der Waals surface area contributed by atoms with Crippen molar-refractivity contribution >= 4 is 43.5 Å². The minimum absolute atomic E-state index is 0.0262. The quantitative estimate of drug-likeness (QED) is 0.176. The molecule has 1 N–H and O–H groups in total. The lowest BCUT2D eigenvalue weighted by Gasteiger charge is -2.34. The van der Waals surface area contributed by atoms with E-state index < -0.39 is 34.3 Å². The van der Waals surface area contributed by atoms with E-state index in [1.165, 1.54) is 17.0 Å². The van der Waals surface area contributed by atoms with Gasteiger partial charge in [0.25, 0.3) is 10.0 Å². The van der Waals surface area contributed by atoms with Crippen LogP contribution in [-0.4, -0.2) is 43.8 Å². The van der Waals surface area contributed by atoms with Crippen LogP contribution in [0.5, 0.6) is 0 Å². The average molecular weight is 707 g/mol. The third-order valence-corrected chi connectivity index (χ3v) is 10.6. The molecule has 4 aromatic carbocycles. The minimum Gasteiger partial charge on any atom is -0.352 e. The highest BCUT2D eigenvalue weighted by molar-refractivity contribution is 9.10. The van der Waals surface area contributed by atoms with E-state index in [1.54, 1.807) is 24.3 Å². The number of carbonyl (C=O) groups is 2. The Morgan fingerprint density at radius 2 is 1.50 bits per heavy atom. The van der Waals surface area contributed by atoms with Gasteiger partial charge < -0.3 is 10.2 Å². The topological polar surface area (TPSA) is 86.8 Å². The molecule has 4 aromatic rings. The number of hydrogen-bond acceptors (Lipinski definition) is 4. The Morgan fingerprint density at radius 1 is 0.870 bits per heavy atom. The second kappa shape index (κ2) is 15.0. The lowest BCUT2D eigenvalue weighted by atomic mass is 10.0. The third-order valence-electron chi connectivity index (χ3n) is 8.24. The normalized spacial score (nSPS) is 14.1. The smallest absolute Gasteiger partial charge is 0.264 e. The number of hydrogen-bond donors (Lipinski definition) is 1. The van der Waals surface area contributed by atoms with Crippen molar-refractivity contribution in [1.29, 1.82) is 0 Å². The Bertz CT molecular complexity index is 1730. The fourth-order valence-electron chi connectivity index (χ4n) is 5.68. The van der Waals surface area contributed by atoms with E-state index in [1.807, 2.05) is 61.5 Å². The largest absolute Gasteiger partial charge is 0.352 e. The zero-order valence-electron chi connectivity index (χ0n) is 25.6. The van der Waals surface area contributed by atoms with Crippen molar-refractivity contribution in [1.82, 2.24) is 10.2 Å². The van der Waals surface area contributed by atoms with Gasteiger partial charge in [0.15, 0.2) is 0 Å². The summed E-state index contributed by atoms with van der Waals surface area (Å²) < 4.78 is 43.8. The van der Waals surface area contributed by atoms with E-state index in [0.717, 1.165) is 63.3 Å². The first-order valence-electron chi connectivity index (χ1n) is 15.3. The van der Waals surface area contributed by atoms with E-state index in [2.05, 4.69) is 21.2 Å². The van der Waals surface area contributed by atoms with Crippen LogP contribution in [0.25, 0.3) is 0 Å². The molecule has 46 heavy (non-hydrogen) atoms. The summed E-state index contributed by atoms with van der Waals surface area (Å²) in [4.78, 5) is 29.9. The Morgan fingerprint density at radius 3 is 2.13 bits per heavy atom. The van der Waals surface area contributed by atoms with Gasteiger partial charge in [-0.25, -0.2) is 12.8 Å². The molecule has 0 spiro atoms. The van der Waals surface area contributed by atoms with E-state index in [-0.39, 0.29) is 35.5 Å². The molecule has 5 rings (SSSR count). The summed E-state index contributed by atoms with van der Waals surface area (Å²) in [6.45, 7) is 1.40. The predicted octanol–water partition coefficient (Wildman–Crippen LogP) is 6.79. The number of carbonyl (C=O) groups excluding carboxylic acids is 2. The minimum atomic E-state index is -4.30. The molecule has 240 valence electrons. The highest BCUT2D eigenvalue weighted by Crippen LogP contribution is 2.26. The van der Waals surface area contributed by atoms with E-state index in [9.17, 15) is 22.4 Å². The number of nitrogens with one attached hydrogen (secondary N) is 1. The number of nitrogens with zero attached hydrogens (tertiary/aromatic N) is 2. The van der Waals surface area contributed by atoms with Crippen LogP contribution in [0.2, 0.25) is 0 Å². The molecule has 0 saturated heterocycles. The molecule has 1 atom stereocenters. The first-order chi connectivity index (χ1) is 22.1. The lowest BCUT2D eigenvalue weighted by Crippen LogP contribution is -2.54. The van der Waals surface area contributed by atoms with Gasteiger partial charge in [-0.05, 0) is 79.4 Å². The van der Waals surface area contributed by atoms with Crippen molar-refractivity contribution in [2.24, 2.45) is 0 Å². The molecule has 0 radical (unpaired) electrons. The summed E-state index contributed by atoms with van der Waals surface area (Å²) in [6.07, 6.45) is 4.06. The zero-order chi connectivity index (χ0) is 32.7. The first-order valence-corrected chi connectivity index (χ1v) is 17.6. The van der Waals surface area contributed by atoms with Crippen molar-refractivity contribution in [2.75, 3.05) is 10.8 Å².